The molecule has 152 valence electrons. The smallest absolute Gasteiger partial charge is 0.255 e. The van der Waals surface area contributed by atoms with Gasteiger partial charge in [-0.15, -0.1) is 0 Å². The van der Waals surface area contributed by atoms with E-state index in [1.165, 1.54) is 0 Å². The third-order valence-electron chi connectivity index (χ3n) is 4.91. The SMILES string of the molecule is COc1cccc(-c2nn(Cc3ccccc3)cc2C(=O)NCc2cn[nH]c2C)c1. The van der Waals surface area contributed by atoms with Gasteiger partial charge in [0.25, 0.3) is 5.91 Å². The van der Waals surface area contributed by atoms with E-state index in [0.717, 1.165) is 22.4 Å². The van der Waals surface area contributed by atoms with Crippen molar-refractivity contribution in [3.05, 3.63) is 89.4 Å². The first-order chi connectivity index (χ1) is 14.6. The molecule has 0 atom stereocenters. The predicted octanol–water partition coefficient (Wildman–Crippen LogP) is 3.57. The molecular formula is C23H23N5O2. The van der Waals surface area contributed by atoms with Crippen molar-refractivity contribution in [1.82, 2.24) is 25.3 Å². The summed E-state index contributed by atoms with van der Waals surface area (Å²) >= 11 is 0. The van der Waals surface area contributed by atoms with Crippen LogP contribution in [0.15, 0.2) is 67.0 Å². The minimum absolute atomic E-state index is 0.187. The van der Waals surface area contributed by atoms with E-state index in [9.17, 15) is 4.79 Å². The molecule has 0 aliphatic rings. The summed E-state index contributed by atoms with van der Waals surface area (Å²) in [6.45, 7) is 2.89. The molecule has 0 saturated heterocycles. The monoisotopic (exact) mass is 401 g/mol. The Morgan fingerprint density at radius 3 is 2.73 bits per heavy atom. The average molecular weight is 401 g/mol. The van der Waals surface area contributed by atoms with Crippen molar-refractivity contribution >= 4 is 5.91 Å². The number of hydrogen-bond donors (Lipinski definition) is 2. The van der Waals surface area contributed by atoms with Crippen molar-refractivity contribution in [1.29, 1.82) is 0 Å². The van der Waals surface area contributed by atoms with Gasteiger partial charge in [0.15, 0.2) is 0 Å². The fourth-order valence-electron chi connectivity index (χ4n) is 3.25. The molecule has 2 N–H and O–H groups in total. The van der Waals surface area contributed by atoms with E-state index in [-0.39, 0.29) is 5.91 Å². The van der Waals surface area contributed by atoms with Gasteiger partial charge in [0.1, 0.15) is 11.4 Å². The second-order valence-electron chi connectivity index (χ2n) is 7.01. The van der Waals surface area contributed by atoms with Gasteiger partial charge in [-0.25, -0.2) is 0 Å². The Morgan fingerprint density at radius 2 is 2.00 bits per heavy atom. The Bertz CT molecular complexity index is 1150. The molecule has 30 heavy (non-hydrogen) atoms. The number of amides is 1. The molecule has 0 spiro atoms. The Hall–Kier alpha value is -3.87. The van der Waals surface area contributed by atoms with Crippen LogP contribution in [0.25, 0.3) is 11.3 Å². The molecular weight excluding hydrogens is 378 g/mol. The van der Waals surface area contributed by atoms with Gasteiger partial charge in [-0.2, -0.15) is 10.2 Å². The summed E-state index contributed by atoms with van der Waals surface area (Å²) in [5, 5.41) is 14.6. The molecule has 2 aromatic heterocycles. The molecule has 0 saturated carbocycles. The molecule has 0 aliphatic heterocycles. The second-order valence-corrected chi connectivity index (χ2v) is 7.01. The van der Waals surface area contributed by atoms with Crippen LogP contribution in [0, 0.1) is 6.92 Å². The van der Waals surface area contributed by atoms with E-state index in [0.29, 0.717) is 30.1 Å². The summed E-state index contributed by atoms with van der Waals surface area (Å²) in [5.41, 5.74) is 4.95. The van der Waals surface area contributed by atoms with E-state index in [1.807, 2.05) is 61.5 Å². The number of aromatic amines is 1. The first-order valence-electron chi connectivity index (χ1n) is 9.67. The number of H-pyrrole nitrogens is 1. The van der Waals surface area contributed by atoms with E-state index in [4.69, 9.17) is 9.84 Å². The van der Waals surface area contributed by atoms with Gasteiger partial charge in [0, 0.05) is 29.6 Å². The topological polar surface area (TPSA) is 84.8 Å². The van der Waals surface area contributed by atoms with E-state index >= 15 is 0 Å². The lowest BCUT2D eigenvalue weighted by Gasteiger charge is -2.06. The quantitative estimate of drug-likeness (QED) is 0.496. The number of nitrogens with zero attached hydrogens (tertiary/aromatic N) is 3. The fourth-order valence-corrected chi connectivity index (χ4v) is 3.25. The van der Waals surface area contributed by atoms with Crippen LogP contribution in [-0.2, 0) is 13.1 Å². The predicted molar refractivity (Wildman–Crippen MR) is 114 cm³/mol. The van der Waals surface area contributed by atoms with Crippen LogP contribution < -0.4 is 10.1 Å². The second kappa shape index (κ2) is 8.65. The molecule has 0 radical (unpaired) electrons. The highest BCUT2D eigenvalue weighted by atomic mass is 16.5. The Morgan fingerprint density at radius 1 is 1.17 bits per heavy atom. The van der Waals surface area contributed by atoms with Gasteiger partial charge in [-0.1, -0.05) is 42.5 Å². The van der Waals surface area contributed by atoms with Crippen LogP contribution in [0.2, 0.25) is 0 Å². The molecule has 0 bridgehead atoms. The maximum atomic E-state index is 13.0. The van der Waals surface area contributed by atoms with Gasteiger partial charge in [0.05, 0.1) is 25.4 Å². The number of carbonyl (C=O) groups is 1. The van der Waals surface area contributed by atoms with Crippen LogP contribution >= 0.6 is 0 Å². The van der Waals surface area contributed by atoms with E-state index in [2.05, 4.69) is 15.5 Å². The Balaban J connectivity index is 1.65. The van der Waals surface area contributed by atoms with Crippen LogP contribution in [0.1, 0.15) is 27.2 Å². The zero-order chi connectivity index (χ0) is 20.9. The zero-order valence-corrected chi connectivity index (χ0v) is 16.9. The number of ether oxygens (including phenoxy) is 1. The number of rotatable bonds is 7. The fraction of sp³-hybridized carbons (Fsp3) is 0.174. The maximum Gasteiger partial charge on any atom is 0.255 e. The Kier molecular flexibility index (Phi) is 5.61. The summed E-state index contributed by atoms with van der Waals surface area (Å²) in [4.78, 5) is 13.0. The zero-order valence-electron chi connectivity index (χ0n) is 16.9. The van der Waals surface area contributed by atoms with Crippen LogP contribution in [0.4, 0.5) is 0 Å². The summed E-state index contributed by atoms with van der Waals surface area (Å²) < 4.78 is 7.14. The number of aromatic nitrogens is 4. The number of carbonyl (C=O) groups excluding carboxylic acids is 1. The van der Waals surface area contributed by atoms with Gasteiger partial charge in [0.2, 0.25) is 0 Å². The highest BCUT2D eigenvalue weighted by molar-refractivity contribution is 5.99. The molecule has 4 aromatic rings. The highest BCUT2D eigenvalue weighted by Crippen LogP contribution is 2.26. The van der Waals surface area contributed by atoms with Crippen molar-refractivity contribution in [2.24, 2.45) is 0 Å². The van der Waals surface area contributed by atoms with Crippen molar-refractivity contribution in [2.45, 2.75) is 20.0 Å². The average Bonchev–Trinajstić information content (AvgIpc) is 3.39. The summed E-state index contributed by atoms with van der Waals surface area (Å²) in [6.07, 6.45) is 3.51. The van der Waals surface area contributed by atoms with Gasteiger partial charge in [-0.05, 0) is 24.6 Å². The lowest BCUT2D eigenvalue weighted by Crippen LogP contribution is -2.23. The maximum absolute atomic E-state index is 13.0. The molecule has 0 fully saturated rings. The summed E-state index contributed by atoms with van der Waals surface area (Å²) in [7, 11) is 1.62. The third kappa shape index (κ3) is 4.25. The van der Waals surface area contributed by atoms with Crippen molar-refractivity contribution in [3.63, 3.8) is 0 Å². The minimum Gasteiger partial charge on any atom is -0.497 e. The Labute approximate surface area is 174 Å². The van der Waals surface area contributed by atoms with E-state index < -0.39 is 0 Å². The van der Waals surface area contributed by atoms with Crippen molar-refractivity contribution in [2.75, 3.05) is 7.11 Å². The molecule has 7 nitrogen and oxygen atoms in total. The lowest BCUT2D eigenvalue weighted by molar-refractivity contribution is 0.0951. The van der Waals surface area contributed by atoms with Crippen LogP contribution in [-0.4, -0.2) is 33.0 Å². The summed E-state index contributed by atoms with van der Waals surface area (Å²) in [6, 6.07) is 17.6. The molecule has 1 amide bonds. The van der Waals surface area contributed by atoms with Gasteiger partial charge in [-0.3, -0.25) is 14.6 Å². The number of methoxy groups -OCH3 is 1. The largest absolute Gasteiger partial charge is 0.497 e. The van der Waals surface area contributed by atoms with Gasteiger partial charge < -0.3 is 10.1 Å². The number of nitrogens with one attached hydrogen (secondary N) is 2. The highest BCUT2D eigenvalue weighted by Gasteiger charge is 2.19. The third-order valence-corrected chi connectivity index (χ3v) is 4.91. The first-order valence-corrected chi connectivity index (χ1v) is 9.67. The van der Waals surface area contributed by atoms with Gasteiger partial charge >= 0.3 is 0 Å². The lowest BCUT2D eigenvalue weighted by atomic mass is 10.1. The molecule has 4 rings (SSSR count). The normalized spacial score (nSPS) is 10.7. The number of aryl methyl sites for hydroxylation is 1. The van der Waals surface area contributed by atoms with E-state index in [1.54, 1.807) is 24.2 Å². The molecule has 2 aromatic carbocycles. The minimum atomic E-state index is -0.187. The number of benzene rings is 2. The van der Waals surface area contributed by atoms with Crippen LogP contribution in [0.5, 0.6) is 5.75 Å². The molecule has 2 heterocycles. The summed E-state index contributed by atoms with van der Waals surface area (Å²) in [5.74, 6) is 0.526. The van der Waals surface area contributed by atoms with Crippen molar-refractivity contribution < 1.29 is 9.53 Å². The molecule has 0 unspecified atom stereocenters. The van der Waals surface area contributed by atoms with Crippen LogP contribution in [0.3, 0.4) is 0 Å². The molecule has 7 heteroatoms. The first kappa shape index (κ1) is 19.4. The molecule has 0 aliphatic carbocycles. The standard InChI is InChI=1S/C23H23N5O2/c1-16-19(13-25-26-16)12-24-23(29)21-15-28(14-17-7-4-3-5-8-17)27-22(21)18-9-6-10-20(11-18)30-2/h3-11,13,15H,12,14H2,1-2H3,(H,24,29)(H,25,26). The number of hydrogen-bond acceptors (Lipinski definition) is 4. The van der Waals surface area contributed by atoms with Crippen molar-refractivity contribution in [3.8, 4) is 17.0 Å².